The van der Waals surface area contributed by atoms with Crippen LogP contribution in [0.15, 0.2) is 34.8 Å². The van der Waals surface area contributed by atoms with Crippen LogP contribution < -0.4 is 5.32 Å². The molecule has 1 spiro atoms. The molecule has 10 heteroatoms. The van der Waals surface area contributed by atoms with Gasteiger partial charge in [0.2, 0.25) is 11.8 Å². The van der Waals surface area contributed by atoms with E-state index in [-0.39, 0.29) is 17.9 Å². The van der Waals surface area contributed by atoms with E-state index in [4.69, 9.17) is 4.74 Å². The van der Waals surface area contributed by atoms with Gasteiger partial charge in [0.1, 0.15) is 11.4 Å². The molecule has 0 bridgehead atoms. The van der Waals surface area contributed by atoms with E-state index >= 15 is 0 Å². The molecular weight excluding hydrogens is 514 g/mol. The second kappa shape index (κ2) is 10.9. The molecule has 2 saturated heterocycles. The molecule has 5 rings (SSSR count). The molecule has 0 atom stereocenters. The van der Waals surface area contributed by atoms with Crippen LogP contribution in [0.4, 0.5) is 10.6 Å². The minimum absolute atomic E-state index is 0.0142. The highest BCUT2D eigenvalue weighted by Gasteiger charge is 2.46. The minimum Gasteiger partial charge on any atom is -0.444 e. The van der Waals surface area contributed by atoms with Crippen molar-refractivity contribution in [2.24, 2.45) is 5.41 Å². The van der Waals surface area contributed by atoms with Crippen molar-refractivity contribution in [3.05, 3.63) is 51.6 Å². The van der Waals surface area contributed by atoms with Gasteiger partial charge >= 0.3 is 6.09 Å². The first kappa shape index (κ1) is 27.1. The van der Waals surface area contributed by atoms with E-state index in [1.807, 2.05) is 42.6 Å². The summed E-state index contributed by atoms with van der Waals surface area (Å²) in [6.45, 7) is 7.86. The highest BCUT2D eigenvalue weighted by atomic mass is 32.1. The van der Waals surface area contributed by atoms with Crippen LogP contribution in [0.5, 0.6) is 0 Å². The van der Waals surface area contributed by atoms with Gasteiger partial charge in [-0.1, -0.05) is 5.57 Å². The van der Waals surface area contributed by atoms with Crippen LogP contribution in [0, 0.1) is 5.41 Å². The number of amides is 3. The summed E-state index contributed by atoms with van der Waals surface area (Å²) in [5, 5.41) is 5.00. The summed E-state index contributed by atoms with van der Waals surface area (Å²) in [6, 6.07) is 2.00. The Labute approximate surface area is 233 Å². The van der Waals surface area contributed by atoms with E-state index in [1.165, 1.54) is 5.57 Å². The zero-order valence-electron chi connectivity index (χ0n) is 22.7. The molecule has 3 aliphatic heterocycles. The van der Waals surface area contributed by atoms with Gasteiger partial charge in [-0.3, -0.25) is 9.59 Å². The van der Waals surface area contributed by atoms with Gasteiger partial charge in [-0.05, 0) is 82.2 Å². The SMILES string of the molecule is CC(C)(C)OC(=O)N1CCC2(CC1)Cc1cc(C=CC(=O)N3CCC(=Cc4cscn4)CC3)cnc1NC2=O. The maximum atomic E-state index is 13.1. The number of ether oxygens (including phenoxy) is 1. The number of rotatable bonds is 3. The lowest BCUT2D eigenvalue weighted by molar-refractivity contribution is -0.129. The first-order valence-electron chi connectivity index (χ1n) is 13.4. The molecular formula is C29H35N5O4S. The molecule has 0 radical (unpaired) electrons. The van der Waals surface area contributed by atoms with Crippen molar-refractivity contribution in [3.63, 3.8) is 0 Å². The molecule has 0 unspecified atom stereocenters. The molecule has 39 heavy (non-hydrogen) atoms. The van der Waals surface area contributed by atoms with E-state index in [0.717, 1.165) is 29.7 Å². The fraction of sp³-hybridized carbons (Fsp3) is 0.483. The monoisotopic (exact) mass is 549 g/mol. The van der Waals surface area contributed by atoms with Gasteiger partial charge in [0.25, 0.3) is 0 Å². The van der Waals surface area contributed by atoms with Gasteiger partial charge in [-0.15, -0.1) is 11.3 Å². The van der Waals surface area contributed by atoms with Crippen molar-refractivity contribution >= 4 is 47.2 Å². The van der Waals surface area contributed by atoms with Crippen molar-refractivity contribution < 1.29 is 19.1 Å². The first-order valence-corrected chi connectivity index (χ1v) is 14.4. The summed E-state index contributed by atoms with van der Waals surface area (Å²) in [6.07, 6.45) is 10.2. The molecule has 0 aromatic carbocycles. The van der Waals surface area contributed by atoms with Crippen LogP contribution in [-0.2, 0) is 20.7 Å². The van der Waals surface area contributed by atoms with Crippen molar-refractivity contribution in [1.29, 1.82) is 0 Å². The maximum Gasteiger partial charge on any atom is 0.410 e. The number of carbonyl (C=O) groups excluding carboxylic acids is 3. The summed E-state index contributed by atoms with van der Waals surface area (Å²) in [7, 11) is 0. The van der Waals surface area contributed by atoms with Crippen LogP contribution in [0.3, 0.4) is 0 Å². The molecule has 9 nitrogen and oxygen atoms in total. The molecule has 2 fully saturated rings. The molecule has 3 amide bonds. The number of nitrogens with one attached hydrogen (secondary N) is 1. The van der Waals surface area contributed by atoms with Crippen molar-refractivity contribution in [2.45, 2.75) is 58.5 Å². The van der Waals surface area contributed by atoms with E-state index in [9.17, 15) is 14.4 Å². The van der Waals surface area contributed by atoms with E-state index in [2.05, 4.69) is 21.4 Å². The summed E-state index contributed by atoms with van der Waals surface area (Å²) in [5.74, 6) is 0.511. The number of carbonyl (C=O) groups is 3. The quantitative estimate of drug-likeness (QED) is 0.553. The van der Waals surface area contributed by atoms with Gasteiger partial charge in [-0.2, -0.15) is 0 Å². The number of piperidine rings is 2. The number of anilines is 1. The normalized spacial score (nSPS) is 19.2. The average Bonchev–Trinajstić information content (AvgIpc) is 3.41. The third-order valence-electron chi connectivity index (χ3n) is 7.54. The Balaban J connectivity index is 1.19. The number of aromatic nitrogens is 2. The Morgan fingerprint density at radius 1 is 1.10 bits per heavy atom. The summed E-state index contributed by atoms with van der Waals surface area (Å²) in [5.41, 5.74) is 4.77. The standard InChI is InChI=1S/C29H35N5O4S/c1-28(2,3)38-27(37)34-12-8-29(9-13-34)16-22-14-21(17-30-25(22)32-26(29)36)4-5-24(35)33-10-6-20(7-11-33)15-23-18-39-19-31-23/h4-5,14-15,17-19H,6-13,16H2,1-3H3,(H,30,32,36). The average molecular weight is 550 g/mol. The number of hydrogen-bond donors (Lipinski definition) is 1. The molecule has 1 N–H and O–H groups in total. The van der Waals surface area contributed by atoms with Gasteiger partial charge in [0.15, 0.2) is 0 Å². The van der Waals surface area contributed by atoms with Crippen LogP contribution in [0.2, 0.25) is 0 Å². The maximum absolute atomic E-state index is 13.1. The fourth-order valence-electron chi connectivity index (χ4n) is 5.33. The predicted molar refractivity (Wildman–Crippen MR) is 151 cm³/mol. The molecule has 206 valence electrons. The molecule has 2 aromatic heterocycles. The summed E-state index contributed by atoms with van der Waals surface area (Å²) < 4.78 is 5.50. The Morgan fingerprint density at radius 3 is 2.51 bits per heavy atom. The smallest absolute Gasteiger partial charge is 0.410 e. The molecule has 2 aromatic rings. The predicted octanol–water partition coefficient (Wildman–Crippen LogP) is 4.77. The van der Waals surface area contributed by atoms with Crippen LogP contribution >= 0.6 is 11.3 Å². The molecule has 0 aliphatic carbocycles. The van der Waals surface area contributed by atoms with Gasteiger partial charge < -0.3 is 19.9 Å². The van der Waals surface area contributed by atoms with Crippen LogP contribution in [0.25, 0.3) is 12.2 Å². The van der Waals surface area contributed by atoms with Crippen molar-refractivity contribution in [1.82, 2.24) is 19.8 Å². The number of nitrogens with zero attached hydrogens (tertiary/aromatic N) is 4. The van der Waals surface area contributed by atoms with Gasteiger partial charge in [0.05, 0.1) is 16.6 Å². The number of hydrogen-bond acceptors (Lipinski definition) is 7. The second-order valence-corrected chi connectivity index (χ2v) is 12.2. The zero-order chi connectivity index (χ0) is 27.6. The summed E-state index contributed by atoms with van der Waals surface area (Å²) >= 11 is 1.58. The third-order valence-corrected chi connectivity index (χ3v) is 8.15. The highest BCUT2D eigenvalue weighted by molar-refractivity contribution is 7.07. The fourth-order valence-corrected chi connectivity index (χ4v) is 5.85. The van der Waals surface area contributed by atoms with Crippen molar-refractivity contribution in [3.8, 4) is 0 Å². The lowest BCUT2D eigenvalue weighted by Crippen LogP contribution is -2.51. The number of pyridine rings is 1. The van der Waals surface area contributed by atoms with E-state index in [1.54, 1.807) is 34.6 Å². The Kier molecular flexibility index (Phi) is 7.57. The highest BCUT2D eigenvalue weighted by Crippen LogP contribution is 2.41. The Bertz CT molecular complexity index is 1290. The van der Waals surface area contributed by atoms with Gasteiger partial charge in [-0.25, -0.2) is 14.8 Å². The lowest BCUT2D eigenvalue weighted by Gasteiger charge is -2.43. The number of thiazole rings is 1. The lowest BCUT2D eigenvalue weighted by atomic mass is 9.71. The van der Waals surface area contributed by atoms with Gasteiger partial charge in [0, 0.05) is 43.8 Å². The summed E-state index contributed by atoms with van der Waals surface area (Å²) in [4.78, 5) is 50.7. The van der Waals surface area contributed by atoms with Crippen LogP contribution in [-0.4, -0.2) is 69.5 Å². The minimum atomic E-state index is -0.580. The third kappa shape index (κ3) is 6.38. The molecule has 3 aliphatic rings. The zero-order valence-corrected chi connectivity index (χ0v) is 23.6. The molecule has 0 saturated carbocycles. The van der Waals surface area contributed by atoms with E-state index in [0.29, 0.717) is 51.3 Å². The number of fused-ring (bicyclic) bond motifs is 1. The largest absolute Gasteiger partial charge is 0.444 e. The Hall–Kier alpha value is -3.53. The Morgan fingerprint density at radius 2 is 1.85 bits per heavy atom. The second-order valence-electron chi connectivity index (χ2n) is 11.5. The molecule has 5 heterocycles. The first-order chi connectivity index (χ1) is 18.6. The van der Waals surface area contributed by atoms with Crippen molar-refractivity contribution in [2.75, 3.05) is 31.5 Å². The topological polar surface area (TPSA) is 105 Å². The van der Waals surface area contributed by atoms with E-state index < -0.39 is 11.0 Å². The van der Waals surface area contributed by atoms with Crippen LogP contribution in [0.1, 0.15) is 63.3 Å². The number of likely N-dealkylation sites (tertiary alicyclic amines) is 2.